The second kappa shape index (κ2) is 12.5. The Morgan fingerprint density at radius 1 is 1.14 bits per heavy atom. The summed E-state index contributed by atoms with van der Waals surface area (Å²) in [4.78, 5) is 8.50. The van der Waals surface area contributed by atoms with Crippen molar-refractivity contribution in [1.29, 1.82) is 0 Å². The van der Waals surface area contributed by atoms with Crippen LogP contribution < -0.4 is 16.0 Å². The third-order valence-electron chi connectivity index (χ3n) is 7.43. The number of halogens is 2. The van der Waals surface area contributed by atoms with Crippen LogP contribution >= 0.6 is 11.6 Å². The minimum absolute atomic E-state index is 0.0719. The smallest absolute Gasteiger partial charge is 0.236 e. The number of rotatable bonds is 10. The summed E-state index contributed by atoms with van der Waals surface area (Å²) in [5, 5.41) is 11.0. The molecule has 1 aliphatic heterocycles. The van der Waals surface area contributed by atoms with E-state index >= 15 is 0 Å². The maximum atomic E-state index is 14.5. The van der Waals surface area contributed by atoms with E-state index in [0.717, 1.165) is 75.3 Å². The van der Waals surface area contributed by atoms with Crippen molar-refractivity contribution < 1.29 is 13.9 Å². The van der Waals surface area contributed by atoms with Crippen LogP contribution in [-0.2, 0) is 9.47 Å². The number of hydrogen-bond acceptors (Lipinski definition) is 7. The number of anilines is 2. The Kier molecular flexibility index (Phi) is 9.39. The maximum Gasteiger partial charge on any atom is 0.236 e. The molecule has 2 fully saturated rings. The summed E-state index contributed by atoms with van der Waals surface area (Å²) < 4.78 is 25.3. The zero-order chi connectivity index (χ0) is 25.5. The second-order valence-corrected chi connectivity index (χ2v) is 11.0. The van der Waals surface area contributed by atoms with Crippen molar-refractivity contribution in [3.8, 4) is 11.1 Å². The van der Waals surface area contributed by atoms with E-state index in [9.17, 15) is 4.39 Å². The monoisotopic (exact) mass is 519 g/mol. The quantitative estimate of drug-likeness (QED) is 0.357. The fraction of sp³-hybridized carbons (Fsp3) is 0.630. The molecular weight excluding hydrogens is 481 g/mol. The van der Waals surface area contributed by atoms with Crippen molar-refractivity contribution in [3.63, 3.8) is 0 Å². The van der Waals surface area contributed by atoms with Gasteiger partial charge in [-0.25, -0.2) is 9.97 Å². The van der Waals surface area contributed by atoms with Gasteiger partial charge in [-0.15, -0.1) is 0 Å². The van der Waals surface area contributed by atoms with Crippen molar-refractivity contribution >= 4 is 23.1 Å². The number of hydrogen-bond donors (Lipinski definition) is 3. The molecule has 1 saturated heterocycles. The highest BCUT2D eigenvalue weighted by molar-refractivity contribution is 6.33. The standard InChI is InChI=1S/C27H39ClFN5O2/c1-18(16-35-3)33-20-4-6-21(7-5-20)34-25-13-22(23(28)15-30-25)19-12-24(26(29)31-14-19)32-17-27(2)8-10-36-11-9-27/h12-15,18,20-21,32-33H,4-11,16-17H2,1-3H3,(H,30,34)/t18-,20?,21?/m1/s1. The molecule has 1 saturated carbocycles. The first-order valence-corrected chi connectivity index (χ1v) is 13.4. The van der Waals surface area contributed by atoms with Crippen molar-refractivity contribution in [2.45, 2.75) is 70.5 Å². The summed E-state index contributed by atoms with van der Waals surface area (Å²) in [6, 6.07) is 4.95. The number of nitrogens with one attached hydrogen (secondary N) is 3. The molecule has 3 N–H and O–H groups in total. The molecule has 1 atom stereocenters. The first-order chi connectivity index (χ1) is 17.3. The molecule has 0 bridgehead atoms. The lowest BCUT2D eigenvalue weighted by Gasteiger charge is -2.33. The predicted molar refractivity (Wildman–Crippen MR) is 143 cm³/mol. The predicted octanol–water partition coefficient (Wildman–Crippen LogP) is 5.51. The lowest BCUT2D eigenvalue weighted by Crippen LogP contribution is -2.42. The Labute approximate surface area is 218 Å². The van der Waals surface area contributed by atoms with E-state index < -0.39 is 5.95 Å². The minimum Gasteiger partial charge on any atom is -0.383 e. The normalized spacial score (nSPS) is 22.7. The van der Waals surface area contributed by atoms with Gasteiger partial charge in [0.15, 0.2) is 0 Å². The van der Waals surface area contributed by atoms with Crippen LogP contribution in [0.1, 0.15) is 52.4 Å². The number of nitrogens with zero attached hydrogens (tertiary/aromatic N) is 2. The van der Waals surface area contributed by atoms with Crippen molar-refractivity contribution in [1.82, 2.24) is 15.3 Å². The van der Waals surface area contributed by atoms with Gasteiger partial charge in [-0.2, -0.15) is 4.39 Å². The molecule has 4 rings (SSSR count). The zero-order valence-corrected chi connectivity index (χ0v) is 22.3. The van der Waals surface area contributed by atoms with Crippen LogP contribution in [0.4, 0.5) is 15.9 Å². The average Bonchev–Trinajstić information content (AvgIpc) is 2.87. The van der Waals surface area contributed by atoms with Crippen LogP contribution in [0.5, 0.6) is 0 Å². The van der Waals surface area contributed by atoms with Gasteiger partial charge in [-0.05, 0) is 63.0 Å². The summed E-state index contributed by atoms with van der Waals surface area (Å²) >= 11 is 6.52. The summed E-state index contributed by atoms with van der Waals surface area (Å²) in [5.74, 6) is 0.259. The molecule has 2 aromatic rings. The Morgan fingerprint density at radius 3 is 2.58 bits per heavy atom. The Morgan fingerprint density at radius 2 is 1.86 bits per heavy atom. The van der Waals surface area contributed by atoms with E-state index in [4.69, 9.17) is 21.1 Å². The molecule has 198 valence electrons. The topological polar surface area (TPSA) is 80.3 Å². The van der Waals surface area contributed by atoms with Crippen LogP contribution in [0.25, 0.3) is 11.1 Å². The first-order valence-electron chi connectivity index (χ1n) is 13.0. The van der Waals surface area contributed by atoms with Crippen LogP contribution in [0.3, 0.4) is 0 Å². The van der Waals surface area contributed by atoms with Gasteiger partial charge >= 0.3 is 0 Å². The van der Waals surface area contributed by atoms with Gasteiger partial charge < -0.3 is 25.4 Å². The summed E-state index contributed by atoms with van der Waals surface area (Å²) in [6.45, 7) is 7.23. The van der Waals surface area contributed by atoms with Gasteiger partial charge in [0, 0.05) is 68.5 Å². The third kappa shape index (κ3) is 7.28. The summed E-state index contributed by atoms with van der Waals surface area (Å²) in [5.41, 5.74) is 2.00. The number of ether oxygens (including phenoxy) is 2. The van der Waals surface area contributed by atoms with Gasteiger partial charge in [0.25, 0.3) is 0 Å². The van der Waals surface area contributed by atoms with Crippen LogP contribution in [0, 0.1) is 11.4 Å². The highest BCUT2D eigenvalue weighted by Gasteiger charge is 2.27. The second-order valence-electron chi connectivity index (χ2n) is 10.6. The Bertz CT molecular complexity index is 996. The molecule has 1 aliphatic carbocycles. The van der Waals surface area contributed by atoms with Crippen molar-refractivity contribution in [2.75, 3.05) is 44.1 Å². The number of pyridine rings is 2. The Hall–Kier alpha value is -2.00. The molecule has 3 heterocycles. The van der Waals surface area contributed by atoms with Crippen LogP contribution in [0.15, 0.2) is 24.5 Å². The van der Waals surface area contributed by atoms with E-state index in [0.29, 0.717) is 35.4 Å². The molecule has 0 unspecified atom stereocenters. The van der Waals surface area contributed by atoms with Gasteiger partial charge in [-0.3, -0.25) is 0 Å². The first kappa shape index (κ1) is 27.0. The largest absolute Gasteiger partial charge is 0.383 e. The van der Waals surface area contributed by atoms with E-state index in [2.05, 4.69) is 39.8 Å². The molecule has 9 heteroatoms. The molecule has 7 nitrogen and oxygen atoms in total. The fourth-order valence-corrected chi connectivity index (χ4v) is 5.33. The highest BCUT2D eigenvalue weighted by Crippen LogP contribution is 2.34. The van der Waals surface area contributed by atoms with Crippen LogP contribution in [-0.4, -0.2) is 61.6 Å². The maximum absolute atomic E-state index is 14.5. The van der Waals surface area contributed by atoms with E-state index in [1.165, 1.54) is 6.20 Å². The molecule has 0 spiro atoms. The molecular formula is C27H39ClFN5O2. The van der Waals surface area contributed by atoms with Gasteiger partial charge in [0.2, 0.25) is 5.95 Å². The average molecular weight is 520 g/mol. The number of methoxy groups -OCH3 is 1. The van der Waals surface area contributed by atoms with Gasteiger partial charge in [0.05, 0.1) is 17.3 Å². The zero-order valence-electron chi connectivity index (χ0n) is 21.6. The molecule has 0 radical (unpaired) electrons. The van der Waals surface area contributed by atoms with E-state index in [1.54, 1.807) is 19.4 Å². The molecule has 2 aromatic heterocycles. The third-order valence-corrected chi connectivity index (χ3v) is 7.73. The molecule has 2 aliphatic rings. The fourth-order valence-electron chi connectivity index (χ4n) is 5.12. The lowest BCUT2D eigenvalue weighted by molar-refractivity contribution is 0.0300. The summed E-state index contributed by atoms with van der Waals surface area (Å²) in [7, 11) is 1.74. The summed E-state index contributed by atoms with van der Waals surface area (Å²) in [6.07, 6.45) is 9.41. The lowest BCUT2D eigenvalue weighted by atomic mass is 9.82. The van der Waals surface area contributed by atoms with Gasteiger partial charge in [-0.1, -0.05) is 18.5 Å². The molecule has 0 aromatic carbocycles. The van der Waals surface area contributed by atoms with E-state index in [1.807, 2.05) is 6.07 Å². The SMILES string of the molecule is COC[C@@H](C)NC1CCC(Nc2cc(-c3cnc(F)c(NCC4(C)CCOCC4)c3)c(Cl)cn2)CC1. The minimum atomic E-state index is -0.511. The van der Waals surface area contributed by atoms with Gasteiger partial charge in [0.1, 0.15) is 5.82 Å². The van der Waals surface area contributed by atoms with E-state index in [-0.39, 0.29) is 5.41 Å². The van der Waals surface area contributed by atoms with Crippen molar-refractivity contribution in [2.24, 2.45) is 5.41 Å². The van der Waals surface area contributed by atoms with Crippen LogP contribution in [0.2, 0.25) is 5.02 Å². The van der Waals surface area contributed by atoms with Crippen molar-refractivity contribution in [3.05, 3.63) is 35.5 Å². The molecule has 0 amide bonds. The number of aromatic nitrogens is 2. The Balaban J connectivity index is 1.39. The molecule has 36 heavy (non-hydrogen) atoms. The highest BCUT2D eigenvalue weighted by atomic mass is 35.5.